The van der Waals surface area contributed by atoms with Gasteiger partial charge in [-0.25, -0.2) is 0 Å². The minimum Gasteiger partial charge on any atom is -0.359 e. The SMILES string of the molecule is CC12CC=C3C=C4CCC(=O)C[C@]45CCC3(O5)[C@@H]1CC=C2c1ccc2cnncc2c1. The van der Waals surface area contributed by atoms with E-state index in [1.807, 2.05) is 12.4 Å². The zero-order valence-electron chi connectivity index (χ0n) is 17.9. The summed E-state index contributed by atoms with van der Waals surface area (Å²) in [6.07, 6.45) is 17.2. The van der Waals surface area contributed by atoms with E-state index in [0.717, 1.165) is 42.9 Å². The van der Waals surface area contributed by atoms with Gasteiger partial charge < -0.3 is 4.74 Å². The smallest absolute Gasteiger partial charge is 0.136 e. The molecule has 3 aliphatic carbocycles. The lowest BCUT2D eigenvalue weighted by atomic mass is 9.58. The van der Waals surface area contributed by atoms with Crippen molar-refractivity contribution in [1.29, 1.82) is 0 Å². The maximum absolute atomic E-state index is 12.4. The zero-order chi connectivity index (χ0) is 20.8. The number of carbonyl (C=O) groups excluding carboxylic acids is 1. The average Bonchev–Trinajstić information content (AvgIpc) is 3.28. The van der Waals surface area contributed by atoms with Gasteiger partial charge in [0, 0.05) is 34.9 Å². The number of hydrogen-bond donors (Lipinski definition) is 0. The molecular weight excluding hydrogens is 384 g/mol. The Kier molecular flexibility index (Phi) is 3.37. The topological polar surface area (TPSA) is 52.1 Å². The largest absolute Gasteiger partial charge is 0.359 e. The highest BCUT2D eigenvalue weighted by molar-refractivity contribution is 5.87. The number of ether oxygens (including phenoxy) is 1. The summed E-state index contributed by atoms with van der Waals surface area (Å²) in [4.78, 5) is 12.4. The zero-order valence-corrected chi connectivity index (χ0v) is 17.9. The molecule has 0 radical (unpaired) electrons. The van der Waals surface area contributed by atoms with Crippen LogP contribution in [0.3, 0.4) is 0 Å². The molecule has 4 nitrogen and oxygen atoms in total. The molecule has 0 amide bonds. The number of nitrogens with zero attached hydrogens (tertiary/aromatic N) is 2. The summed E-state index contributed by atoms with van der Waals surface area (Å²) >= 11 is 0. The predicted octanol–water partition coefficient (Wildman–Crippen LogP) is 5.35. The monoisotopic (exact) mass is 410 g/mol. The third kappa shape index (κ3) is 2.21. The number of benzene rings is 1. The molecule has 1 saturated heterocycles. The molecule has 7 rings (SSSR count). The van der Waals surface area contributed by atoms with E-state index in [1.54, 1.807) is 0 Å². The molecule has 1 aromatic heterocycles. The number of aromatic nitrogens is 2. The van der Waals surface area contributed by atoms with E-state index in [2.05, 4.69) is 53.5 Å². The van der Waals surface area contributed by atoms with Crippen molar-refractivity contribution in [1.82, 2.24) is 10.2 Å². The van der Waals surface area contributed by atoms with Crippen LogP contribution in [0.4, 0.5) is 0 Å². The van der Waals surface area contributed by atoms with Crippen LogP contribution in [0.15, 0.2) is 60.0 Å². The summed E-state index contributed by atoms with van der Waals surface area (Å²) in [5.41, 5.74) is 4.94. The Morgan fingerprint density at radius 1 is 1.06 bits per heavy atom. The number of fused-ring (bicyclic) bond motifs is 2. The molecule has 2 bridgehead atoms. The van der Waals surface area contributed by atoms with Crippen LogP contribution in [0.25, 0.3) is 16.3 Å². The molecule has 0 N–H and O–H groups in total. The van der Waals surface area contributed by atoms with Crippen LogP contribution in [0, 0.1) is 11.3 Å². The van der Waals surface area contributed by atoms with Gasteiger partial charge in [0.15, 0.2) is 0 Å². The van der Waals surface area contributed by atoms with Crippen LogP contribution >= 0.6 is 0 Å². The molecule has 1 aromatic carbocycles. The summed E-state index contributed by atoms with van der Waals surface area (Å²) in [6, 6.07) is 6.65. The first-order valence-corrected chi connectivity index (χ1v) is 11.6. The second-order valence-electron chi connectivity index (χ2n) is 10.4. The van der Waals surface area contributed by atoms with E-state index in [4.69, 9.17) is 4.74 Å². The van der Waals surface area contributed by atoms with Crippen molar-refractivity contribution in [2.45, 2.75) is 63.1 Å². The minimum atomic E-state index is -0.324. The molecule has 3 heterocycles. The van der Waals surface area contributed by atoms with Crippen LogP contribution in [0.1, 0.15) is 57.4 Å². The van der Waals surface area contributed by atoms with Gasteiger partial charge in [0.2, 0.25) is 0 Å². The Morgan fingerprint density at radius 2 is 1.94 bits per heavy atom. The van der Waals surface area contributed by atoms with Crippen LogP contribution in [-0.4, -0.2) is 27.2 Å². The van der Waals surface area contributed by atoms with E-state index in [-0.39, 0.29) is 16.6 Å². The third-order valence-corrected chi connectivity index (χ3v) is 8.95. The molecular formula is C27H26N2O2. The average molecular weight is 411 g/mol. The fourth-order valence-electron chi connectivity index (χ4n) is 7.41. The van der Waals surface area contributed by atoms with Crippen molar-refractivity contribution in [3.8, 4) is 0 Å². The molecule has 2 aliphatic heterocycles. The molecule has 5 aliphatic rings. The molecule has 2 aromatic rings. The second kappa shape index (κ2) is 5.80. The highest BCUT2D eigenvalue weighted by Crippen LogP contribution is 2.67. The fraction of sp³-hybridized carbons (Fsp3) is 0.444. The van der Waals surface area contributed by atoms with Gasteiger partial charge in [-0.2, -0.15) is 10.2 Å². The highest BCUT2D eigenvalue weighted by Gasteiger charge is 2.65. The van der Waals surface area contributed by atoms with Crippen molar-refractivity contribution >= 4 is 22.1 Å². The first kappa shape index (κ1) is 18.0. The summed E-state index contributed by atoms with van der Waals surface area (Å²) in [5, 5.41) is 10.3. The number of carbonyl (C=O) groups is 1. The van der Waals surface area contributed by atoms with Crippen molar-refractivity contribution in [2.75, 3.05) is 0 Å². The van der Waals surface area contributed by atoms with Gasteiger partial charge in [0.05, 0.1) is 23.6 Å². The van der Waals surface area contributed by atoms with Gasteiger partial charge in [0.1, 0.15) is 5.78 Å². The Hall–Kier alpha value is -2.59. The molecule has 1 saturated carbocycles. The van der Waals surface area contributed by atoms with Crippen LogP contribution < -0.4 is 0 Å². The van der Waals surface area contributed by atoms with Crippen molar-refractivity contribution in [3.05, 3.63) is 65.5 Å². The van der Waals surface area contributed by atoms with Crippen molar-refractivity contribution in [3.63, 3.8) is 0 Å². The maximum atomic E-state index is 12.4. The number of rotatable bonds is 1. The van der Waals surface area contributed by atoms with E-state index in [0.29, 0.717) is 24.5 Å². The quantitative estimate of drug-likeness (QED) is 0.636. The van der Waals surface area contributed by atoms with E-state index < -0.39 is 0 Å². The number of Topliss-reactive ketones (excluding diaryl/α,β-unsaturated/α-hetero) is 1. The van der Waals surface area contributed by atoms with E-state index >= 15 is 0 Å². The normalized spacial score (nSPS) is 38.2. The van der Waals surface area contributed by atoms with Gasteiger partial charge in [-0.05, 0) is 60.5 Å². The Bertz CT molecular complexity index is 1260. The fourth-order valence-corrected chi connectivity index (χ4v) is 7.41. The summed E-state index contributed by atoms with van der Waals surface area (Å²) in [5.74, 6) is 0.778. The molecule has 2 unspecified atom stereocenters. The van der Waals surface area contributed by atoms with Crippen LogP contribution in [0.5, 0.6) is 0 Å². The lowest BCUT2D eigenvalue weighted by Gasteiger charge is -2.53. The Labute approximate surface area is 182 Å². The van der Waals surface area contributed by atoms with Crippen LogP contribution in [0.2, 0.25) is 0 Å². The number of allylic oxidation sites excluding steroid dienone is 3. The predicted molar refractivity (Wildman–Crippen MR) is 119 cm³/mol. The van der Waals surface area contributed by atoms with Crippen molar-refractivity contribution in [2.24, 2.45) is 11.3 Å². The molecule has 4 heteroatoms. The standard InChI is InChI=1S/C27H26N2O2/c1-25-9-8-21-13-20-4-5-22(30)14-26(20)10-11-27(21,31-26)24(25)7-6-23(25)17-2-3-18-15-28-29-16-19(18)12-17/h2-3,6,8,12-13,15-16,24H,4-5,7,9-11,14H2,1H3/t24-,25?,26-,27?/m1/s1. The lowest BCUT2D eigenvalue weighted by Crippen LogP contribution is -2.53. The van der Waals surface area contributed by atoms with Gasteiger partial charge in [-0.15, -0.1) is 0 Å². The van der Waals surface area contributed by atoms with Gasteiger partial charge in [0.25, 0.3) is 0 Å². The molecule has 4 atom stereocenters. The van der Waals surface area contributed by atoms with E-state index in [1.165, 1.54) is 22.3 Å². The van der Waals surface area contributed by atoms with E-state index in [9.17, 15) is 4.79 Å². The Balaban J connectivity index is 1.32. The highest BCUT2D eigenvalue weighted by atomic mass is 16.5. The van der Waals surface area contributed by atoms with Gasteiger partial charge in [-0.1, -0.05) is 37.3 Å². The Morgan fingerprint density at radius 3 is 2.84 bits per heavy atom. The molecule has 31 heavy (non-hydrogen) atoms. The summed E-state index contributed by atoms with van der Waals surface area (Å²) in [7, 11) is 0. The van der Waals surface area contributed by atoms with Gasteiger partial charge in [-0.3, -0.25) is 4.79 Å². The maximum Gasteiger partial charge on any atom is 0.136 e. The van der Waals surface area contributed by atoms with Crippen LogP contribution in [-0.2, 0) is 9.53 Å². The summed E-state index contributed by atoms with van der Waals surface area (Å²) in [6.45, 7) is 2.42. The lowest BCUT2D eigenvalue weighted by molar-refractivity contribution is -0.143. The number of hydrogen-bond acceptors (Lipinski definition) is 4. The summed E-state index contributed by atoms with van der Waals surface area (Å²) < 4.78 is 7.08. The molecule has 2 spiro atoms. The minimum absolute atomic E-state index is 0.0349. The second-order valence-corrected chi connectivity index (χ2v) is 10.4. The number of ketones is 1. The molecule has 156 valence electrons. The molecule has 2 fully saturated rings. The first-order valence-electron chi connectivity index (χ1n) is 11.6. The first-order chi connectivity index (χ1) is 15.0. The third-order valence-electron chi connectivity index (χ3n) is 8.95. The van der Waals surface area contributed by atoms with Crippen molar-refractivity contribution < 1.29 is 9.53 Å². The van der Waals surface area contributed by atoms with Gasteiger partial charge >= 0.3 is 0 Å².